The first-order valence-corrected chi connectivity index (χ1v) is 9.67. The van der Waals surface area contributed by atoms with Crippen LogP contribution in [0.3, 0.4) is 0 Å². The molecule has 0 aromatic heterocycles. The molecule has 1 N–H and O–H groups in total. The van der Waals surface area contributed by atoms with Crippen LogP contribution in [-0.4, -0.2) is 60.9 Å². The van der Waals surface area contributed by atoms with E-state index in [4.69, 9.17) is 4.74 Å². The van der Waals surface area contributed by atoms with E-state index in [0.29, 0.717) is 18.5 Å². The topological polar surface area (TPSA) is 70.1 Å². The maximum atomic E-state index is 14.2. The minimum atomic E-state index is -0.776. The third-order valence-electron chi connectivity index (χ3n) is 5.08. The fraction of sp³-hybridized carbons (Fsp3) is 0.304. The first-order chi connectivity index (χ1) is 14.3. The monoisotopic (exact) mass is 412 g/mol. The van der Waals surface area contributed by atoms with Crippen molar-refractivity contribution in [3.8, 4) is 5.75 Å². The number of rotatable bonds is 7. The van der Waals surface area contributed by atoms with Gasteiger partial charge in [-0.05, 0) is 50.8 Å². The van der Waals surface area contributed by atoms with Crippen LogP contribution in [0.1, 0.15) is 23.6 Å². The highest BCUT2D eigenvalue weighted by atomic mass is 19.1. The molecule has 30 heavy (non-hydrogen) atoms. The lowest BCUT2D eigenvalue weighted by Gasteiger charge is -2.26. The van der Waals surface area contributed by atoms with E-state index < -0.39 is 29.3 Å². The molecule has 0 saturated carbocycles. The Morgan fingerprint density at radius 3 is 2.47 bits per heavy atom. The molecule has 3 rings (SSSR count). The van der Waals surface area contributed by atoms with E-state index in [1.807, 2.05) is 37.2 Å². The SMILES string of the molecule is COc1ccc(/C(O)=C2/C(=O)C(=O)N(CCCN(C)C)C2c2ccccc2)cc1F. The number of aliphatic hydroxyl groups excluding tert-OH is 1. The van der Waals surface area contributed by atoms with Crippen LogP contribution in [0.15, 0.2) is 54.1 Å². The van der Waals surface area contributed by atoms with Gasteiger partial charge < -0.3 is 19.6 Å². The lowest BCUT2D eigenvalue weighted by Crippen LogP contribution is -2.32. The molecule has 0 aliphatic carbocycles. The lowest BCUT2D eigenvalue weighted by atomic mass is 9.95. The van der Waals surface area contributed by atoms with Gasteiger partial charge in [0.05, 0.1) is 18.7 Å². The molecule has 6 nitrogen and oxygen atoms in total. The van der Waals surface area contributed by atoms with E-state index in [1.54, 1.807) is 12.1 Å². The Morgan fingerprint density at radius 2 is 1.87 bits per heavy atom. The Balaban J connectivity index is 2.08. The molecule has 1 saturated heterocycles. The summed E-state index contributed by atoms with van der Waals surface area (Å²) in [6.07, 6.45) is 0.667. The Labute approximate surface area is 175 Å². The molecule has 2 aromatic rings. The van der Waals surface area contributed by atoms with Crippen LogP contribution in [0.25, 0.3) is 5.76 Å². The standard InChI is InChI=1S/C23H25FN2O4/c1-25(2)12-7-13-26-20(15-8-5-4-6-9-15)19(22(28)23(26)29)21(27)16-10-11-18(30-3)17(24)14-16/h4-6,8-11,14,20,27H,7,12-13H2,1-3H3/b21-19-. The molecular formula is C23H25FN2O4. The molecule has 1 amide bonds. The fourth-order valence-electron chi connectivity index (χ4n) is 3.62. The number of hydrogen-bond acceptors (Lipinski definition) is 5. The molecule has 1 aliphatic heterocycles. The van der Waals surface area contributed by atoms with Crippen molar-refractivity contribution < 1.29 is 23.8 Å². The fourth-order valence-corrected chi connectivity index (χ4v) is 3.62. The van der Waals surface area contributed by atoms with Gasteiger partial charge >= 0.3 is 0 Å². The van der Waals surface area contributed by atoms with Crippen molar-refractivity contribution in [3.05, 3.63) is 71.0 Å². The largest absolute Gasteiger partial charge is 0.507 e. The lowest BCUT2D eigenvalue weighted by molar-refractivity contribution is -0.139. The van der Waals surface area contributed by atoms with Gasteiger partial charge in [-0.2, -0.15) is 0 Å². The second kappa shape index (κ2) is 9.09. The highest BCUT2D eigenvalue weighted by Gasteiger charge is 2.45. The van der Waals surface area contributed by atoms with Gasteiger partial charge in [-0.1, -0.05) is 30.3 Å². The average molecular weight is 412 g/mol. The molecule has 158 valence electrons. The van der Waals surface area contributed by atoms with Crippen molar-refractivity contribution in [1.82, 2.24) is 9.80 Å². The van der Waals surface area contributed by atoms with Crippen LogP contribution in [0, 0.1) is 5.82 Å². The number of carbonyl (C=O) groups is 2. The number of aliphatic hydroxyl groups is 1. The molecule has 7 heteroatoms. The number of ether oxygens (including phenoxy) is 1. The Hall–Kier alpha value is -3.19. The van der Waals surface area contributed by atoms with Gasteiger partial charge in [0.25, 0.3) is 11.7 Å². The predicted octanol–water partition coefficient (Wildman–Crippen LogP) is 3.21. The summed E-state index contributed by atoms with van der Waals surface area (Å²) in [5.74, 6) is -2.49. The van der Waals surface area contributed by atoms with Gasteiger partial charge in [0, 0.05) is 12.1 Å². The average Bonchev–Trinajstić information content (AvgIpc) is 2.98. The van der Waals surface area contributed by atoms with E-state index in [9.17, 15) is 19.1 Å². The quantitative estimate of drug-likeness (QED) is 0.430. The summed E-state index contributed by atoms with van der Waals surface area (Å²) in [5, 5.41) is 10.9. The predicted molar refractivity (Wildman–Crippen MR) is 112 cm³/mol. The summed E-state index contributed by atoms with van der Waals surface area (Å²) < 4.78 is 19.1. The molecule has 2 aromatic carbocycles. The van der Waals surface area contributed by atoms with Crippen molar-refractivity contribution >= 4 is 17.4 Å². The van der Waals surface area contributed by atoms with Crippen LogP contribution in [-0.2, 0) is 9.59 Å². The molecule has 0 spiro atoms. The summed E-state index contributed by atoms with van der Waals surface area (Å²) in [7, 11) is 5.20. The smallest absolute Gasteiger partial charge is 0.295 e. The number of carbonyl (C=O) groups excluding carboxylic acids is 2. The zero-order chi connectivity index (χ0) is 21.8. The summed E-state index contributed by atoms with van der Waals surface area (Å²) in [6.45, 7) is 1.10. The van der Waals surface area contributed by atoms with Gasteiger partial charge in [0.1, 0.15) is 5.76 Å². The summed E-state index contributed by atoms with van der Waals surface area (Å²) in [5.41, 5.74) is 0.776. The van der Waals surface area contributed by atoms with E-state index in [2.05, 4.69) is 0 Å². The van der Waals surface area contributed by atoms with Gasteiger partial charge in [0.15, 0.2) is 11.6 Å². The second-order valence-electron chi connectivity index (χ2n) is 7.41. The van der Waals surface area contributed by atoms with Gasteiger partial charge in [0.2, 0.25) is 0 Å². The number of amides is 1. The van der Waals surface area contributed by atoms with Crippen LogP contribution >= 0.6 is 0 Å². The summed E-state index contributed by atoms with van der Waals surface area (Å²) in [6, 6.07) is 12.2. The van der Waals surface area contributed by atoms with Crippen LogP contribution in [0.5, 0.6) is 5.75 Å². The number of methoxy groups -OCH3 is 1. The van der Waals surface area contributed by atoms with Crippen molar-refractivity contribution in [2.24, 2.45) is 0 Å². The van der Waals surface area contributed by atoms with Crippen molar-refractivity contribution in [2.75, 3.05) is 34.3 Å². The highest BCUT2D eigenvalue weighted by molar-refractivity contribution is 6.46. The molecule has 1 unspecified atom stereocenters. The Morgan fingerprint density at radius 1 is 1.17 bits per heavy atom. The number of ketones is 1. The normalized spacial score (nSPS) is 18.3. The first-order valence-electron chi connectivity index (χ1n) is 9.67. The number of nitrogens with zero attached hydrogens (tertiary/aromatic N) is 2. The minimum absolute atomic E-state index is 0.0234. The maximum Gasteiger partial charge on any atom is 0.295 e. The van der Waals surface area contributed by atoms with E-state index in [1.165, 1.54) is 24.1 Å². The van der Waals surface area contributed by atoms with Gasteiger partial charge in [-0.15, -0.1) is 0 Å². The Bertz CT molecular complexity index is 972. The summed E-state index contributed by atoms with van der Waals surface area (Å²) in [4.78, 5) is 29.2. The van der Waals surface area contributed by atoms with E-state index >= 15 is 0 Å². The molecule has 1 heterocycles. The molecule has 1 atom stereocenters. The number of likely N-dealkylation sites (tertiary alicyclic amines) is 1. The molecular weight excluding hydrogens is 387 g/mol. The van der Waals surface area contributed by atoms with Crippen LogP contribution in [0.4, 0.5) is 4.39 Å². The van der Waals surface area contributed by atoms with Gasteiger partial charge in [-0.25, -0.2) is 4.39 Å². The summed E-state index contributed by atoms with van der Waals surface area (Å²) >= 11 is 0. The first kappa shape index (κ1) is 21.5. The molecule has 0 radical (unpaired) electrons. The number of hydrogen-bond donors (Lipinski definition) is 1. The third kappa shape index (κ3) is 4.21. The minimum Gasteiger partial charge on any atom is -0.507 e. The zero-order valence-corrected chi connectivity index (χ0v) is 17.3. The van der Waals surface area contributed by atoms with E-state index in [-0.39, 0.29) is 16.9 Å². The van der Waals surface area contributed by atoms with Crippen molar-refractivity contribution in [3.63, 3.8) is 0 Å². The second-order valence-corrected chi connectivity index (χ2v) is 7.41. The molecule has 1 aliphatic rings. The van der Waals surface area contributed by atoms with Crippen LogP contribution in [0.2, 0.25) is 0 Å². The number of benzene rings is 2. The molecule has 1 fully saturated rings. The van der Waals surface area contributed by atoms with E-state index in [0.717, 1.165) is 12.6 Å². The number of Topliss-reactive ketones (excluding diaryl/α,β-unsaturated/α-hetero) is 1. The number of halogens is 1. The maximum absolute atomic E-state index is 14.2. The van der Waals surface area contributed by atoms with Crippen LogP contribution < -0.4 is 4.74 Å². The van der Waals surface area contributed by atoms with Crippen molar-refractivity contribution in [1.29, 1.82) is 0 Å². The zero-order valence-electron chi connectivity index (χ0n) is 17.3. The van der Waals surface area contributed by atoms with Crippen molar-refractivity contribution in [2.45, 2.75) is 12.5 Å². The third-order valence-corrected chi connectivity index (χ3v) is 5.08. The highest BCUT2D eigenvalue weighted by Crippen LogP contribution is 2.39. The Kier molecular flexibility index (Phi) is 6.52. The molecule has 0 bridgehead atoms. The van der Waals surface area contributed by atoms with Gasteiger partial charge in [-0.3, -0.25) is 9.59 Å².